The van der Waals surface area contributed by atoms with E-state index < -0.39 is 35.1 Å². The van der Waals surface area contributed by atoms with Gasteiger partial charge in [-0.05, 0) is 31.6 Å². The number of fused-ring (bicyclic) bond motifs is 1. The normalized spacial score (nSPS) is 33.6. The fourth-order valence-electron chi connectivity index (χ4n) is 7.77. The molecule has 7 atom stereocenters. The molecule has 2 bridgehead atoms. The van der Waals surface area contributed by atoms with Crippen LogP contribution in [0.15, 0.2) is 25.3 Å². The van der Waals surface area contributed by atoms with Crippen LogP contribution in [0.3, 0.4) is 0 Å². The van der Waals surface area contributed by atoms with Gasteiger partial charge in [0.2, 0.25) is 17.7 Å². The number of ether oxygens (including phenoxy) is 2. The lowest BCUT2D eigenvalue weighted by molar-refractivity contribution is -0.157. The third kappa shape index (κ3) is 5.48. The number of carbonyl (C=O) groups is 3. The molecular weight excluding hydrogens is 524 g/mol. The number of rotatable bonds is 13. The molecule has 4 aliphatic rings. The third-order valence-corrected chi connectivity index (χ3v) is 9.83. The molecule has 4 fully saturated rings. The van der Waals surface area contributed by atoms with E-state index in [1.807, 2.05) is 27.7 Å². The summed E-state index contributed by atoms with van der Waals surface area (Å²) in [7, 11) is 1.71. The van der Waals surface area contributed by atoms with E-state index in [-0.39, 0.29) is 36.2 Å². The molecule has 0 radical (unpaired) electrons. The van der Waals surface area contributed by atoms with Crippen molar-refractivity contribution in [1.29, 1.82) is 0 Å². The first-order chi connectivity index (χ1) is 19.5. The molecule has 3 unspecified atom stereocenters. The van der Waals surface area contributed by atoms with Gasteiger partial charge in [0.25, 0.3) is 0 Å². The molecule has 0 aromatic heterocycles. The van der Waals surface area contributed by atoms with Crippen LogP contribution in [-0.2, 0) is 23.9 Å². The van der Waals surface area contributed by atoms with Crippen LogP contribution in [0.5, 0.6) is 0 Å². The van der Waals surface area contributed by atoms with Crippen molar-refractivity contribution in [2.24, 2.45) is 23.7 Å². The van der Waals surface area contributed by atoms with Gasteiger partial charge in [-0.15, -0.1) is 13.2 Å². The van der Waals surface area contributed by atoms with Crippen molar-refractivity contribution < 1.29 is 29.0 Å². The molecule has 4 heterocycles. The Morgan fingerprint density at radius 1 is 1.17 bits per heavy atom. The van der Waals surface area contributed by atoms with Crippen LogP contribution < -0.4 is 0 Å². The molecule has 10 heteroatoms. The highest BCUT2D eigenvalue weighted by Crippen LogP contribution is 2.65. The van der Waals surface area contributed by atoms with Gasteiger partial charge < -0.3 is 29.3 Å². The number of likely N-dealkylation sites (tertiary alicyclic amines) is 1. The number of amides is 3. The van der Waals surface area contributed by atoms with Gasteiger partial charge in [-0.3, -0.25) is 19.3 Å². The molecule has 10 nitrogen and oxygen atoms in total. The fourth-order valence-corrected chi connectivity index (χ4v) is 7.77. The number of carbonyl (C=O) groups excluding carboxylic acids is 3. The van der Waals surface area contributed by atoms with Gasteiger partial charge in [0, 0.05) is 46.3 Å². The first kappa shape index (κ1) is 31.7. The predicted molar refractivity (Wildman–Crippen MR) is 156 cm³/mol. The molecule has 0 aromatic carbocycles. The maximum atomic E-state index is 14.7. The summed E-state index contributed by atoms with van der Waals surface area (Å²) in [4.78, 5) is 50.4. The summed E-state index contributed by atoms with van der Waals surface area (Å²) in [5.41, 5.74) is -2.04. The van der Waals surface area contributed by atoms with E-state index >= 15 is 0 Å². The fraction of sp³-hybridized carbons (Fsp3) is 0.774. The first-order valence-electron chi connectivity index (χ1n) is 15.2. The second kappa shape index (κ2) is 12.5. The van der Waals surface area contributed by atoms with Crippen LogP contribution in [0.25, 0.3) is 0 Å². The Labute approximate surface area is 245 Å². The standard InChI is InChI=1S/C31H50N4O6/c1-8-10-32(7)27(37)24-25-28(38)35(23(20-36)18-21(3)4)26(31(25)19-22(5)30(24,6)41-31)29(39)34(11-9-2)13-12-33-14-16-40-17-15-33/h8-9,21-26,36H,1-2,10-20H2,3-7H3/t22?,23-,24-,25+,26?,30+,31?/m1/s1. The van der Waals surface area contributed by atoms with E-state index in [4.69, 9.17) is 9.47 Å². The summed E-state index contributed by atoms with van der Waals surface area (Å²) in [5, 5.41) is 10.6. The van der Waals surface area contributed by atoms with E-state index in [1.54, 1.807) is 33.9 Å². The van der Waals surface area contributed by atoms with Crippen LogP contribution in [-0.4, -0.2) is 132 Å². The zero-order chi connectivity index (χ0) is 30.1. The minimum absolute atomic E-state index is 0.0493. The Bertz CT molecular complexity index is 1010. The Morgan fingerprint density at radius 2 is 1.83 bits per heavy atom. The quantitative estimate of drug-likeness (QED) is 0.332. The molecule has 4 aliphatic heterocycles. The van der Waals surface area contributed by atoms with Crippen molar-refractivity contribution in [3.63, 3.8) is 0 Å². The highest BCUT2D eigenvalue weighted by atomic mass is 16.5. The molecule has 0 saturated carbocycles. The molecule has 230 valence electrons. The van der Waals surface area contributed by atoms with Crippen molar-refractivity contribution in [1.82, 2.24) is 19.6 Å². The van der Waals surface area contributed by atoms with Crippen molar-refractivity contribution in [3.05, 3.63) is 25.3 Å². The Hall–Kier alpha value is -2.27. The maximum Gasteiger partial charge on any atom is 0.248 e. The average Bonchev–Trinajstić information content (AvgIpc) is 3.46. The highest BCUT2D eigenvalue weighted by Gasteiger charge is 2.80. The van der Waals surface area contributed by atoms with Crippen LogP contribution in [0.4, 0.5) is 0 Å². The van der Waals surface area contributed by atoms with Gasteiger partial charge in [-0.1, -0.05) is 32.9 Å². The van der Waals surface area contributed by atoms with Crippen molar-refractivity contribution in [3.8, 4) is 0 Å². The molecule has 0 aromatic rings. The van der Waals surface area contributed by atoms with Gasteiger partial charge in [-0.2, -0.15) is 0 Å². The Balaban J connectivity index is 1.76. The summed E-state index contributed by atoms with van der Waals surface area (Å²) >= 11 is 0. The first-order valence-corrected chi connectivity index (χ1v) is 15.2. The lowest BCUT2D eigenvalue weighted by Gasteiger charge is -2.40. The van der Waals surface area contributed by atoms with E-state index in [0.717, 1.165) is 13.1 Å². The summed E-state index contributed by atoms with van der Waals surface area (Å²) in [6.07, 6.45) is 4.39. The number of aliphatic hydroxyl groups excluding tert-OH is 1. The van der Waals surface area contributed by atoms with Crippen LogP contribution in [0.1, 0.15) is 40.5 Å². The SMILES string of the molecule is C=CCN(C)C(=O)[C@H]1[C@H]2C(=O)N([C@@H](CO)CC(C)C)C(C(=O)N(CC=C)CCN3CCOCC3)C23CC(C)[C@]1(C)O3. The Morgan fingerprint density at radius 3 is 2.41 bits per heavy atom. The minimum Gasteiger partial charge on any atom is -0.394 e. The zero-order valence-corrected chi connectivity index (χ0v) is 25.6. The van der Waals surface area contributed by atoms with Gasteiger partial charge in [0.15, 0.2) is 0 Å². The summed E-state index contributed by atoms with van der Waals surface area (Å²) in [6, 6.07) is -1.50. The molecule has 3 amide bonds. The van der Waals surface area contributed by atoms with Crippen LogP contribution in [0.2, 0.25) is 0 Å². The highest BCUT2D eigenvalue weighted by molar-refractivity contribution is 5.99. The van der Waals surface area contributed by atoms with Gasteiger partial charge in [0.1, 0.15) is 11.6 Å². The average molecular weight is 575 g/mol. The molecule has 1 spiro atoms. The Kier molecular flexibility index (Phi) is 9.68. The number of aliphatic hydroxyl groups is 1. The smallest absolute Gasteiger partial charge is 0.248 e. The molecular formula is C31H50N4O6. The maximum absolute atomic E-state index is 14.7. The van der Waals surface area contributed by atoms with Crippen molar-refractivity contribution in [2.75, 3.05) is 66.1 Å². The summed E-state index contributed by atoms with van der Waals surface area (Å²) in [6.45, 7) is 20.2. The van der Waals surface area contributed by atoms with Crippen molar-refractivity contribution in [2.45, 2.75) is 63.8 Å². The van der Waals surface area contributed by atoms with Gasteiger partial charge in [0.05, 0.1) is 43.3 Å². The topological polar surface area (TPSA) is 103 Å². The number of hydrogen-bond acceptors (Lipinski definition) is 7. The van der Waals surface area contributed by atoms with Crippen molar-refractivity contribution >= 4 is 17.7 Å². The largest absolute Gasteiger partial charge is 0.394 e. The van der Waals surface area contributed by atoms with E-state index in [9.17, 15) is 19.5 Å². The van der Waals surface area contributed by atoms with E-state index in [2.05, 4.69) is 18.1 Å². The lowest BCUT2D eigenvalue weighted by atomic mass is 9.62. The second-order valence-electron chi connectivity index (χ2n) is 12.9. The van der Waals surface area contributed by atoms with Gasteiger partial charge in [-0.25, -0.2) is 0 Å². The van der Waals surface area contributed by atoms with E-state index in [1.165, 1.54) is 0 Å². The van der Waals surface area contributed by atoms with Gasteiger partial charge >= 0.3 is 0 Å². The van der Waals surface area contributed by atoms with E-state index in [0.29, 0.717) is 52.2 Å². The number of hydrogen-bond donors (Lipinski definition) is 1. The zero-order valence-electron chi connectivity index (χ0n) is 25.6. The number of nitrogens with zero attached hydrogens (tertiary/aromatic N) is 4. The molecule has 4 saturated heterocycles. The lowest BCUT2D eigenvalue weighted by Crippen LogP contribution is -2.59. The molecule has 4 rings (SSSR count). The minimum atomic E-state index is -1.15. The number of likely N-dealkylation sites (N-methyl/N-ethyl adjacent to an activating group) is 1. The second-order valence-corrected chi connectivity index (χ2v) is 12.9. The number of morpholine rings is 1. The molecule has 1 N–H and O–H groups in total. The van der Waals surface area contributed by atoms with Crippen LogP contribution >= 0.6 is 0 Å². The summed E-state index contributed by atoms with van der Waals surface area (Å²) in [5.74, 6) is -2.05. The monoisotopic (exact) mass is 574 g/mol. The molecule has 0 aliphatic carbocycles. The third-order valence-electron chi connectivity index (χ3n) is 9.83. The molecule has 41 heavy (non-hydrogen) atoms. The summed E-state index contributed by atoms with van der Waals surface area (Å²) < 4.78 is 12.4. The van der Waals surface area contributed by atoms with Crippen LogP contribution in [0, 0.1) is 23.7 Å². The predicted octanol–water partition coefficient (Wildman–Crippen LogP) is 1.40.